The van der Waals surface area contributed by atoms with E-state index in [9.17, 15) is 4.79 Å². The molecule has 0 unspecified atom stereocenters. The first kappa shape index (κ1) is 13.5. The summed E-state index contributed by atoms with van der Waals surface area (Å²) in [6.07, 6.45) is 5.90. The van der Waals surface area contributed by atoms with E-state index in [1.165, 1.54) is 12.8 Å². The molecule has 4 nitrogen and oxygen atoms in total. The summed E-state index contributed by atoms with van der Waals surface area (Å²) in [5.41, 5.74) is 2.63. The van der Waals surface area contributed by atoms with E-state index in [1.807, 2.05) is 13.8 Å². The maximum atomic E-state index is 11.5. The third-order valence-electron chi connectivity index (χ3n) is 3.15. The lowest BCUT2D eigenvalue weighted by atomic mass is 10.0. The summed E-state index contributed by atoms with van der Waals surface area (Å²) in [5, 5.41) is 2.95. The molecule has 94 valence electrons. The molecule has 0 aromatic rings. The van der Waals surface area contributed by atoms with Gasteiger partial charge in [-0.05, 0) is 33.1 Å². The highest BCUT2D eigenvalue weighted by molar-refractivity contribution is 5.78. The Morgan fingerprint density at radius 1 is 1.38 bits per heavy atom. The fourth-order valence-electron chi connectivity index (χ4n) is 1.74. The lowest BCUT2D eigenvalue weighted by molar-refractivity contribution is -0.125. The first-order valence-electron chi connectivity index (χ1n) is 6.23. The average Bonchev–Trinajstić information content (AvgIpc) is 2.70. The Kier molecular flexibility index (Phi) is 5.22. The van der Waals surface area contributed by atoms with Gasteiger partial charge >= 0.3 is 0 Å². The lowest BCUT2D eigenvalue weighted by Crippen LogP contribution is -2.46. The molecule has 0 atom stereocenters. The highest BCUT2D eigenvalue weighted by Crippen LogP contribution is 2.19. The largest absolute Gasteiger partial charge is 0.350 e. The maximum absolute atomic E-state index is 11.5. The van der Waals surface area contributed by atoms with Crippen molar-refractivity contribution in [3.63, 3.8) is 0 Å². The van der Waals surface area contributed by atoms with Crippen LogP contribution in [0.25, 0.3) is 0 Å². The molecule has 1 aliphatic rings. The van der Waals surface area contributed by atoms with Crippen molar-refractivity contribution in [3.05, 3.63) is 0 Å². The summed E-state index contributed by atoms with van der Waals surface area (Å²) in [5.74, 6) is -0.00940. The molecule has 0 heterocycles. The van der Waals surface area contributed by atoms with Gasteiger partial charge in [-0.25, -0.2) is 0 Å². The monoisotopic (exact) mass is 228 g/mol. The number of nitrogens with one attached hydrogen (secondary N) is 2. The molecule has 0 saturated heterocycles. The molecule has 0 spiro atoms. The van der Waals surface area contributed by atoms with Gasteiger partial charge in [0.15, 0.2) is 0 Å². The van der Waals surface area contributed by atoms with E-state index >= 15 is 0 Å². The fraction of sp³-hybridized carbons (Fsp3) is 0.917. The molecule has 0 aromatic heterocycles. The number of hydrogen-bond acceptors (Lipinski definition) is 3. The molecule has 0 aromatic carbocycles. The zero-order valence-electron chi connectivity index (χ0n) is 10.6. The van der Waals surface area contributed by atoms with Gasteiger partial charge < -0.3 is 5.32 Å². The number of hydroxylamine groups is 1. The van der Waals surface area contributed by atoms with Crippen LogP contribution in [0, 0.1) is 0 Å². The summed E-state index contributed by atoms with van der Waals surface area (Å²) in [4.78, 5) is 16.9. The van der Waals surface area contributed by atoms with E-state index in [2.05, 4.69) is 17.7 Å². The van der Waals surface area contributed by atoms with Crippen LogP contribution in [0.4, 0.5) is 0 Å². The maximum Gasteiger partial charge on any atom is 0.236 e. The lowest BCUT2D eigenvalue weighted by Gasteiger charge is -2.24. The van der Waals surface area contributed by atoms with Crippen LogP contribution in [0.5, 0.6) is 0 Å². The summed E-state index contributed by atoms with van der Waals surface area (Å²) >= 11 is 0. The molecule has 0 bridgehead atoms. The molecule has 1 fully saturated rings. The second kappa shape index (κ2) is 6.21. The van der Waals surface area contributed by atoms with Crippen molar-refractivity contribution in [2.75, 3.05) is 6.54 Å². The van der Waals surface area contributed by atoms with Crippen LogP contribution < -0.4 is 10.8 Å². The van der Waals surface area contributed by atoms with Crippen molar-refractivity contribution in [1.82, 2.24) is 10.8 Å². The molecular weight excluding hydrogens is 204 g/mol. The van der Waals surface area contributed by atoms with Crippen LogP contribution in [0.2, 0.25) is 0 Å². The van der Waals surface area contributed by atoms with Gasteiger partial charge in [-0.3, -0.25) is 9.63 Å². The van der Waals surface area contributed by atoms with Crippen LogP contribution in [-0.4, -0.2) is 24.1 Å². The average molecular weight is 228 g/mol. The zero-order valence-corrected chi connectivity index (χ0v) is 10.6. The summed E-state index contributed by atoms with van der Waals surface area (Å²) < 4.78 is 0. The van der Waals surface area contributed by atoms with Crippen LogP contribution in [0.1, 0.15) is 52.9 Å². The predicted octanol–water partition coefficient (Wildman–Crippen LogP) is 1.75. The predicted molar refractivity (Wildman–Crippen MR) is 63.9 cm³/mol. The smallest absolute Gasteiger partial charge is 0.236 e. The van der Waals surface area contributed by atoms with E-state index < -0.39 is 0 Å². The molecule has 16 heavy (non-hydrogen) atoms. The summed E-state index contributed by atoms with van der Waals surface area (Å²) in [7, 11) is 0. The molecular formula is C12H24N2O2. The Balaban J connectivity index is 2.10. The molecule has 2 N–H and O–H groups in total. The van der Waals surface area contributed by atoms with Gasteiger partial charge in [0.1, 0.15) is 0 Å². The van der Waals surface area contributed by atoms with Crippen molar-refractivity contribution in [1.29, 1.82) is 0 Å². The highest BCUT2D eigenvalue weighted by Gasteiger charge is 2.19. The number of carbonyl (C=O) groups is 1. The van der Waals surface area contributed by atoms with Gasteiger partial charge in [0.25, 0.3) is 0 Å². The first-order valence-corrected chi connectivity index (χ1v) is 6.23. The Morgan fingerprint density at radius 2 is 2.00 bits per heavy atom. The number of rotatable bonds is 6. The van der Waals surface area contributed by atoms with Crippen LogP contribution in [0.15, 0.2) is 0 Å². The Labute approximate surface area is 98.1 Å². The number of amides is 1. The van der Waals surface area contributed by atoms with Crippen molar-refractivity contribution < 1.29 is 9.63 Å². The second-order valence-corrected chi connectivity index (χ2v) is 5.13. The second-order valence-electron chi connectivity index (χ2n) is 5.13. The van der Waals surface area contributed by atoms with Gasteiger partial charge in [-0.15, -0.1) is 0 Å². The van der Waals surface area contributed by atoms with Crippen LogP contribution in [-0.2, 0) is 9.63 Å². The third kappa shape index (κ3) is 4.94. The highest BCUT2D eigenvalue weighted by atomic mass is 16.7. The third-order valence-corrected chi connectivity index (χ3v) is 3.15. The molecule has 1 rings (SSSR count). The quantitative estimate of drug-likeness (QED) is 0.681. The SMILES string of the molecule is CCC(C)(C)NC(=O)CNOC1CCCC1. The normalized spacial score (nSPS) is 17.7. The molecule has 0 aliphatic heterocycles. The van der Waals surface area contributed by atoms with E-state index in [1.54, 1.807) is 0 Å². The molecule has 4 heteroatoms. The van der Waals surface area contributed by atoms with Gasteiger partial charge in [-0.2, -0.15) is 5.48 Å². The van der Waals surface area contributed by atoms with Crippen molar-refractivity contribution in [2.45, 2.75) is 64.5 Å². The van der Waals surface area contributed by atoms with Crippen molar-refractivity contribution in [2.24, 2.45) is 0 Å². The van der Waals surface area contributed by atoms with E-state index in [4.69, 9.17) is 4.84 Å². The molecule has 1 saturated carbocycles. The minimum Gasteiger partial charge on any atom is -0.350 e. The van der Waals surface area contributed by atoms with E-state index in [0.717, 1.165) is 19.3 Å². The van der Waals surface area contributed by atoms with Crippen molar-refractivity contribution >= 4 is 5.91 Å². The number of hydrogen-bond donors (Lipinski definition) is 2. The molecule has 1 amide bonds. The summed E-state index contributed by atoms with van der Waals surface area (Å²) in [6, 6.07) is 0. The first-order chi connectivity index (χ1) is 7.53. The van der Waals surface area contributed by atoms with Crippen LogP contribution in [0.3, 0.4) is 0 Å². The Morgan fingerprint density at radius 3 is 2.56 bits per heavy atom. The number of carbonyl (C=O) groups excluding carboxylic acids is 1. The standard InChI is InChI=1S/C12H24N2O2/c1-4-12(2,3)14-11(15)9-13-16-10-7-5-6-8-10/h10,13H,4-9H2,1-3H3,(H,14,15). The molecule has 1 aliphatic carbocycles. The van der Waals surface area contributed by atoms with Gasteiger partial charge in [0, 0.05) is 5.54 Å². The minimum atomic E-state index is -0.133. The van der Waals surface area contributed by atoms with Gasteiger partial charge in [0.05, 0.1) is 12.6 Å². The minimum absolute atomic E-state index is 0.00940. The van der Waals surface area contributed by atoms with E-state index in [0.29, 0.717) is 6.10 Å². The van der Waals surface area contributed by atoms with E-state index in [-0.39, 0.29) is 18.0 Å². The topological polar surface area (TPSA) is 50.4 Å². The molecule has 0 radical (unpaired) electrons. The van der Waals surface area contributed by atoms with Gasteiger partial charge in [0.2, 0.25) is 5.91 Å². The van der Waals surface area contributed by atoms with Crippen LogP contribution >= 0.6 is 0 Å². The zero-order chi connectivity index (χ0) is 12.0. The fourth-order valence-corrected chi connectivity index (χ4v) is 1.74. The summed E-state index contributed by atoms with van der Waals surface area (Å²) in [6.45, 7) is 6.33. The van der Waals surface area contributed by atoms with Gasteiger partial charge in [-0.1, -0.05) is 19.8 Å². The Bertz CT molecular complexity index is 223. The Hall–Kier alpha value is -0.610. The van der Waals surface area contributed by atoms with Crippen molar-refractivity contribution in [3.8, 4) is 0 Å².